The van der Waals surface area contributed by atoms with Gasteiger partial charge in [-0.25, -0.2) is 0 Å². The highest BCUT2D eigenvalue weighted by Crippen LogP contribution is 2.29. The summed E-state index contributed by atoms with van der Waals surface area (Å²) in [5.41, 5.74) is 6.49. The molecule has 31 heavy (non-hydrogen) atoms. The first-order valence-electron chi connectivity index (χ1n) is 9.57. The summed E-state index contributed by atoms with van der Waals surface area (Å²) in [7, 11) is 0. The van der Waals surface area contributed by atoms with Gasteiger partial charge in [-0.15, -0.1) is 11.8 Å². The second-order valence-electron chi connectivity index (χ2n) is 7.01. The van der Waals surface area contributed by atoms with Gasteiger partial charge in [0, 0.05) is 17.1 Å². The van der Waals surface area contributed by atoms with Gasteiger partial charge < -0.3 is 26.6 Å². The van der Waals surface area contributed by atoms with Gasteiger partial charge in [0.05, 0.1) is 0 Å². The topological polar surface area (TPSA) is 159 Å². The first kappa shape index (κ1) is 24.2. The third kappa shape index (κ3) is 7.58. The summed E-state index contributed by atoms with van der Waals surface area (Å²) < 4.78 is 0. The quantitative estimate of drug-likeness (QED) is 0.320. The number of fused-ring (bicyclic) bond motifs is 1. The monoisotopic (exact) mass is 447 g/mol. The third-order valence-electron chi connectivity index (χ3n) is 4.47. The van der Waals surface area contributed by atoms with E-state index in [2.05, 4.69) is 10.6 Å². The SMILES string of the molecule is Cc1ccc2cccc(SC[C@H](NC(=O)CC[C@H](N)C(=O)O)C(=O)NCC(=O)O)c2c1. The molecule has 2 aromatic rings. The van der Waals surface area contributed by atoms with Crippen molar-refractivity contribution in [2.24, 2.45) is 5.73 Å². The van der Waals surface area contributed by atoms with Crippen LogP contribution in [-0.4, -0.2) is 58.3 Å². The van der Waals surface area contributed by atoms with Crippen LogP contribution in [0.15, 0.2) is 41.3 Å². The Morgan fingerprint density at radius 1 is 1.13 bits per heavy atom. The Bertz CT molecular complexity index is 981. The van der Waals surface area contributed by atoms with Crippen molar-refractivity contribution in [3.05, 3.63) is 42.0 Å². The molecule has 0 heterocycles. The van der Waals surface area contributed by atoms with E-state index in [1.165, 1.54) is 11.8 Å². The van der Waals surface area contributed by atoms with Gasteiger partial charge in [0.15, 0.2) is 0 Å². The van der Waals surface area contributed by atoms with Crippen LogP contribution in [0.4, 0.5) is 0 Å². The Kier molecular flexibility index (Phi) is 8.83. The van der Waals surface area contributed by atoms with Crippen LogP contribution in [-0.2, 0) is 19.2 Å². The van der Waals surface area contributed by atoms with E-state index < -0.39 is 42.4 Å². The third-order valence-corrected chi connectivity index (χ3v) is 5.64. The minimum atomic E-state index is -1.22. The number of carbonyl (C=O) groups is 4. The molecule has 166 valence electrons. The number of carboxylic acids is 2. The second kappa shape index (κ2) is 11.3. The van der Waals surface area contributed by atoms with Crippen molar-refractivity contribution in [3.63, 3.8) is 0 Å². The molecule has 2 aromatic carbocycles. The van der Waals surface area contributed by atoms with E-state index in [9.17, 15) is 19.2 Å². The van der Waals surface area contributed by atoms with Gasteiger partial charge in [0.2, 0.25) is 11.8 Å². The minimum Gasteiger partial charge on any atom is -0.480 e. The van der Waals surface area contributed by atoms with Gasteiger partial charge in [0.25, 0.3) is 0 Å². The van der Waals surface area contributed by atoms with Crippen LogP contribution in [0, 0.1) is 6.92 Å². The van der Waals surface area contributed by atoms with E-state index in [0.29, 0.717) is 0 Å². The molecule has 0 aliphatic heterocycles. The molecule has 2 rings (SSSR count). The summed E-state index contributed by atoms with van der Waals surface area (Å²) >= 11 is 1.36. The standard InChI is InChI=1S/C21H25N3O6S/c1-12-5-6-13-3-2-4-17(14(13)9-12)31-11-16(20(28)23-10-19(26)27)24-18(25)8-7-15(22)21(29)30/h2-6,9,15-16H,7-8,10-11,22H2,1H3,(H,23,28)(H,24,25)(H,26,27)(H,29,30)/t15-,16-/m0/s1. The molecule has 0 aromatic heterocycles. The number of carbonyl (C=O) groups excluding carboxylic acids is 2. The van der Waals surface area contributed by atoms with Crippen LogP contribution >= 0.6 is 11.8 Å². The number of rotatable bonds is 11. The van der Waals surface area contributed by atoms with Crippen LogP contribution in [0.3, 0.4) is 0 Å². The number of amides is 2. The summed E-state index contributed by atoms with van der Waals surface area (Å²) in [6.07, 6.45) is -0.255. The first-order valence-corrected chi connectivity index (χ1v) is 10.6. The molecule has 0 bridgehead atoms. The molecular formula is C21H25N3O6S. The van der Waals surface area contributed by atoms with Crippen molar-refractivity contribution in [2.45, 2.75) is 36.7 Å². The van der Waals surface area contributed by atoms with E-state index in [-0.39, 0.29) is 18.6 Å². The van der Waals surface area contributed by atoms with Crippen LogP contribution in [0.2, 0.25) is 0 Å². The van der Waals surface area contributed by atoms with Crippen molar-refractivity contribution < 1.29 is 29.4 Å². The van der Waals surface area contributed by atoms with Gasteiger partial charge >= 0.3 is 11.9 Å². The Hall–Kier alpha value is -3.11. The number of carboxylic acid groups (broad SMARTS) is 2. The van der Waals surface area contributed by atoms with Crippen LogP contribution in [0.1, 0.15) is 18.4 Å². The molecule has 0 saturated carbocycles. The molecule has 9 nitrogen and oxygen atoms in total. The van der Waals surface area contributed by atoms with Crippen LogP contribution in [0.25, 0.3) is 10.8 Å². The molecule has 0 spiro atoms. The highest BCUT2D eigenvalue weighted by atomic mass is 32.2. The summed E-state index contributed by atoms with van der Waals surface area (Å²) in [5, 5.41) is 24.5. The summed E-state index contributed by atoms with van der Waals surface area (Å²) in [4.78, 5) is 47.2. The maximum Gasteiger partial charge on any atom is 0.322 e. The molecule has 0 aliphatic rings. The number of hydrogen-bond acceptors (Lipinski definition) is 6. The predicted octanol–water partition coefficient (Wildman–Crippen LogP) is 1.12. The Morgan fingerprint density at radius 2 is 1.87 bits per heavy atom. The largest absolute Gasteiger partial charge is 0.480 e. The fraction of sp³-hybridized carbons (Fsp3) is 0.333. The minimum absolute atomic E-state index is 0.0830. The van der Waals surface area contributed by atoms with Gasteiger partial charge in [-0.1, -0.05) is 35.9 Å². The lowest BCUT2D eigenvalue weighted by Crippen LogP contribution is -2.49. The zero-order valence-electron chi connectivity index (χ0n) is 17.0. The number of aliphatic carboxylic acids is 2. The summed E-state index contributed by atoms with van der Waals surface area (Å²) in [5.74, 6) is -3.44. The molecule has 0 saturated heterocycles. The number of nitrogens with one attached hydrogen (secondary N) is 2. The maximum atomic E-state index is 12.4. The van der Waals surface area contributed by atoms with E-state index in [0.717, 1.165) is 21.2 Å². The Labute approximate surface area is 183 Å². The van der Waals surface area contributed by atoms with E-state index in [4.69, 9.17) is 15.9 Å². The van der Waals surface area contributed by atoms with Crippen molar-refractivity contribution in [1.29, 1.82) is 0 Å². The highest BCUT2D eigenvalue weighted by molar-refractivity contribution is 7.99. The van der Waals surface area contributed by atoms with Crippen LogP contribution < -0.4 is 16.4 Å². The molecule has 0 aliphatic carbocycles. The van der Waals surface area contributed by atoms with Crippen molar-refractivity contribution in [1.82, 2.24) is 10.6 Å². The zero-order valence-corrected chi connectivity index (χ0v) is 17.8. The van der Waals surface area contributed by atoms with Gasteiger partial charge in [-0.3, -0.25) is 19.2 Å². The molecule has 6 N–H and O–H groups in total. The second-order valence-corrected chi connectivity index (χ2v) is 8.07. The summed E-state index contributed by atoms with van der Waals surface area (Å²) in [6, 6.07) is 9.63. The number of thioether (sulfide) groups is 1. The normalized spacial score (nSPS) is 12.7. The van der Waals surface area contributed by atoms with E-state index >= 15 is 0 Å². The van der Waals surface area contributed by atoms with Crippen LogP contribution in [0.5, 0.6) is 0 Å². The van der Waals surface area contributed by atoms with Crippen molar-refractivity contribution in [3.8, 4) is 0 Å². The molecule has 2 atom stereocenters. The molecule has 0 fully saturated rings. The smallest absolute Gasteiger partial charge is 0.322 e. The molecule has 10 heteroatoms. The summed E-state index contributed by atoms with van der Waals surface area (Å²) in [6.45, 7) is 1.40. The van der Waals surface area contributed by atoms with E-state index in [1.54, 1.807) is 0 Å². The van der Waals surface area contributed by atoms with Crippen molar-refractivity contribution in [2.75, 3.05) is 12.3 Å². The lowest BCUT2D eigenvalue weighted by atomic mass is 10.1. The molecule has 0 radical (unpaired) electrons. The fourth-order valence-electron chi connectivity index (χ4n) is 2.80. The molecule has 2 amide bonds. The highest BCUT2D eigenvalue weighted by Gasteiger charge is 2.23. The average Bonchev–Trinajstić information content (AvgIpc) is 2.72. The van der Waals surface area contributed by atoms with E-state index in [1.807, 2.05) is 43.3 Å². The Balaban J connectivity index is 2.10. The molecule has 0 unspecified atom stereocenters. The van der Waals surface area contributed by atoms with Gasteiger partial charge in [-0.2, -0.15) is 0 Å². The first-order chi connectivity index (χ1) is 14.7. The van der Waals surface area contributed by atoms with Gasteiger partial charge in [-0.05, 0) is 30.2 Å². The number of benzene rings is 2. The average molecular weight is 448 g/mol. The zero-order chi connectivity index (χ0) is 23.0. The number of aryl methyl sites for hydroxylation is 1. The number of nitrogens with two attached hydrogens (primary N) is 1. The van der Waals surface area contributed by atoms with Gasteiger partial charge in [0.1, 0.15) is 18.6 Å². The lowest BCUT2D eigenvalue weighted by molar-refractivity contribution is -0.139. The molecular weight excluding hydrogens is 422 g/mol. The number of hydrogen-bond donors (Lipinski definition) is 5. The predicted molar refractivity (Wildman–Crippen MR) is 117 cm³/mol. The Morgan fingerprint density at radius 3 is 2.55 bits per heavy atom. The van der Waals surface area contributed by atoms with Crippen molar-refractivity contribution >= 4 is 46.3 Å². The maximum absolute atomic E-state index is 12.4. The fourth-order valence-corrected chi connectivity index (χ4v) is 3.89. The lowest BCUT2D eigenvalue weighted by Gasteiger charge is -2.18.